The standard InChI is InChI=1S/C24H27Br3/c25-22-7-1-16(2-8-22)19-13-20(17-3-9-23(26)10-4-17)15-21(14-19)18-5-11-24(27)12-6-18/h1,3,7,9,11,13-14,16,18,20,22H,2,4-6,8,10,12,15H2. The van der Waals surface area contributed by atoms with Gasteiger partial charge in [0.25, 0.3) is 0 Å². The van der Waals surface area contributed by atoms with Crippen molar-refractivity contribution in [3.05, 3.63) is 68.2 Å². The Morgan fingerprint density at radius 3 is 2.37 bits per heavy atom. The fourth-order valence-electron chi connectivity index (χ4n) is 4.76. The molecule has 0 bridgehead atoms. The van der Waals surface area contributed by atoms with E-state index in [1.807, 2.05) is 0 Å². The third-order valence-electron chi connectivity index (χ3n) is 6.42. The molecule has 0 amide bonds. The van der Waals surface area contributed by atoms with Crippen LogP contribution in [0.25, 0.3) is 0 Å². The quantitative estimate of drug-likeness (QED) is 0.242. The third kappa shape index (κ3) is 5.08. The molecular weight excluding hydrogens is 528 g/mol. The molecular formula is C24H27Br3. The van der Waals surface area contributed by atoms with Crippen molar-refractivity contribution < 1.29 is 0 Å². The second-order valence-electron chi connectivity index (χ2n) is 8.26. The van der Waals surface area contributed by atoms with Crippen molar-refractivity contribution in [2.45, 2.75) is 56.2 Å². The predicted octanol–water partition coefficient (Wildman–Crippen LogP) is 8.67. The molecule has 0 N–H and O–H groups in total. The Morgan fingerprint density at radius 1 is 0.815 bits per heavy atom. The zero-order valence-corrected chi connectivity index (χ0v) is 20.4. The molecule has 4 aliphatic carbocycles. The molecule has 4 rings (SSSR count). The molecule has 27 heavy (non-hydrogen) atoms. The van der Waals surface area contributed by atoms with E-state index in [0.717, 1.165) is 12.3 Å². The van der Waals surface area contributed by atoms with Crippen LogP contribution in [0.1, 0.15) is 51.4 Å². The summed E-state index contributed by atoms with van der Waals surface area (Å²) in [6.07, 6.45) is 26.7. The van der Waals surface area contributed by atoms with Crippen molar-refractivity contribution >= 4 is 47.8 Å². The molecule has 0 fully saturated rings. The lowest BCUT2D eigenvalue weighted by Crippen LogP contribution is -2.19. The van der Waals surface area contributed by atoms with Gasteiger partial charge in [-0.05, 0) is 71.8 Å². The first-order valence-corrected chi connectivity index (χ1v) is 12.7. The lowest BCUT2D eigenvalue weighted by atomic mass is 9.73. The molecule has 0 aliphatic heterocycles. The average molecular weight is 555 g/mol. The number of allylic oxidation sites excluding steroid dienone is 12. The second-order valence-corrected chi connectivity index (χ2v) is 11.5. The Bertz CT molecular complexity index is 762. The van der Waals surface area contributed by atoms with Crippen LogP contribution in [0.5, 0.6) is 0 Å². The van der Waals surface area contributed by atoms with Gasteiger partial charge in [0.2, 0.25) is 0 Å². The van der Waals surface area contributed by atoms with E-state index in [9.17, 15) is 0 Å². The van der Waals surface area contributed by atoms with Gasteiger partial charge in [-0.2, -0.15) is 0 Å². The molecule has 4 atom stereocenters. The van der Waals surface area contributed by atoms with E-state index >= 15 is 0 Å². The van der Waals surface area contributed by atoms with Gasteiger partial charge in [0, 0.05) is 16.7 Å². The molecule has 4 aliphatic rings. The maximum Gasteiger partial charge on any atom is 0.0325 e. The van der Waals surface area contributed by atoms with Crippen LogP contribution >= 0.6 is 47.8 Å². The fourth-order valence-corrected chi connectivity index (χ4v) is 5.95. The zero-order valence-electron chi connectivity index (χ0n) is 15.6. The smallest absolute Gasteiger partial charge is 0.0325 e. The summed E-state index contributed by atoms with van der Waals surface area (Å²) in [7, 11) is 0. The first kappa shape index (κ1) is 20.2. The van der Waals surface area contributed by atoms with E-state index in [4.69, 9.17) is 0 Å². The molecule has 0 spiro atoms. The van der Waals surface area contributed by atoms with Crippen molar-refractivity contribution in [2.75, 3.05) is 0 Å². The van der Waals surface area contributed by atoms with Crippen LogP contribution in [-0.2, 0) is 0 Å². The van der Waals surface area contributed by atoms with Gasteiger partial charge in [-0.25, -0.2) is 0 Å². The minimum absolute atomic E-state index is 0.557. The number of hydrogen-bond donors (Lipinski definition) is 0. The Morgan fingerprint density at radius 2 is 1.70 bits per heavy atom. The van der Waals surface area contributed by atoms with E-state index in [2.05, 4.69) is 90.3 Å². The van der Waals surface area contributed by atoms with Gasteiger partial charge in [-0.15, -0.1) is 0 Å². The third-order valence-corrected chi connectivity index (χ3v) is 8.57. The highest BCUT2D eigenvalue weighted by Gasteiger charge is 2.28. The second kappa shape index (κ2) is 9.13. The molecule has 3 heteroatoms. The highest BCUT2D eigenvalue weighted by Crippen LogP contribution is 2.43. The molecule has 144 valence electrons. The maximum atomic E-state index is 3.75. The highest BCUT2D eigenvalue weighted by atomic mass is 79.9. The normalized spacial score (nSPS) is 34.3. The van der Waals surface area contributed by atoms with E-state index in [0.29, 0.717) is 16.7 Å². The van der Waals surface area contributed by atoms with Crippen molar-refractivity contribution in [2.24, 2.45) is 17.8 Å². The van der Waals surface area contributed by atoms with Gasteiger partial charge in [0.15, 0.2) is 0 Å². The van der Waals surface area contributed by atoms with Gasteiger partial charge in [0.05, 0.1) is 0 Å². The lowest BCUT2D eigenvalue weighted by molar-refractivity contribution is 0.501. The molecule has 4 unspecified atom stereocenters. The van der Waals surface area contributed by atoms with E-state index < -0.39 is 0 Å². The van der Waals surface area contributed by atoms with Gasteiger partial charge >= 0.3 is 0 Å². The maximum absolute atomic E-state index is 3.75. The molecule has 0 saturated carbocycles. The van der Waals surface area contributed by atoms with Gasteiger partial charge in [-0.3, -0.25) is 0 Å². The summed E-state index contributed by atoms with van der Waals surface area (Å²) in [5.74, 6) is 1.90. The summed E-state index contributed by atoms with van der Waals surface area (Å²) >= 11 is 11.1. The van der Waals surface area contributed by atoms with Crippen molar-refractivity contribution in [1.82, 2.24) is 0 Å². The Balaban J connectivity index is 1.61. The van der Waals surface area contributed by atoms with Crippen LogP contribution < -0.4 is 0 Å². The summed E-state index contributed by atoms with van der Waals surface area (Å²) in [6.45, 7) is 0. The van der Waals surface area contributed by atoms with E-state index in [1.54, 1.807) is 16.7 Å². The van der Waals surface area contributed by atoms with Crippen LogP contribution in [0.4, 0.5) is 0 Å². The van der Waals surface area contributed by atoms with Crippen molar-refractivity contribution in [3.63, 3.8) is 0 Å². The molecule has 0 aromatic rings. The molecule has 0 nitrogen and oxygen atoms in total. The largest absolute Gasteiger partial charge is 0.0845 e. The molecule has 0 heterocycles. The van der Waals surface area contributed by atoms with Crippen molar-refractivity contribution in [3.8, 4) is 0 Å². The number of hydrogen-bond acceptors (Lipinski definition) is 0. The lowest BCUT2D eigenvalue weighted by Gasteiger charge is -2.33. The molecule has 0 saturated heterocycles. The summed E-state index contributed by atoms with van der Waals surface area (Å²) < 4.78 is 2.73. The highest BCUT2D eigenvalue weighted by molar-refractivity contribution is 9.12. The first-order chi connectivity index (χ1) is 13.1. The number of rotatable bonds is 3. The SMILES string of the molecule is BrC1=CC=C(C2C=C(C3C=CC(Br)CC3)C=C(C3CC=C(Br)CC3)C2)CC1. The average Bonchev–Trinajstić information content (AvgIpc) is 2.69. The minimum Gasteiger partial charge on any atom is -0.0845 e. The summed E-state index contributed by atoms with van der Waals surface area (Å²) in [5.41, 5.74) is 4.88. The van der Waals surface area contributed by atoms with E-state index in [-0.39, 0.29) is 0 Å². The van der Waals surface area contributed by atoms with Gasteiger partial charge in [0.1, 0.15) is 0 Å². The van der Waals surface area contributed by atoms with Crippen molar-refractivity contribution in [1.29, 1.82) is 0 Å². The van der Waals surface area contributed by atoms with Crippen LogP contribution in [0.15, 0.2) is 68.2 Å². The van der Waals surface area contributed by atoms with Gasteiger partial charge in [-0.1, -0.05) is 101 Å². The summed E-state index contributed by atoms with van der Waals surface area (Å²) in [6, 6.07) is 0. The fraction of sp³-hybridized carbons (Fsp3) is 0.500. The van der Waals surface area contributed by atoms with Crippen LogP contribution in [-0.4, -0.2) is 4.83 Å². The first-order valence-electron chi connectivity index (χ1n) is 10.2. The minimum atomic E-state index is 0.557. The molecule has 0 aromatic heterocycles. The topological polar surface area (TPSA) is 0 Å². The Kier molecular flexibility index (Phi) is 6.82. The monoisotopic (exact) mass is 552 g/mol. The van der Waals surface area contributed by atoms with Gasteiger partial charge < -0.3 is 0 Å². The number of alkyl halides is 1. The number of halogens is 3. The van der Waals surface area contributed by atoms with Crippen LogP contribution in [0.2, 0.25) is 0 Å². The summed E-state index contributed by atoms with van der Waals surface area (Å²) in [5, 5.41) is 0. The predicted molar refractivity (Wildman–Crippen MR) is 128 cm³/mol. The molecule has 0 radical (unpaired) electrons. The van der Waals surface area contributed by atoms with Crippen LogP contribution in [0, 0.1) is 17.8 Å². The summed E-state index contributed by atoms with van der Waals surface area (Å²) in [4.78, 5) is 0.557. The zero-order chi connectivity index (χ0) is 18.8. The Labute approximate surface area is 189 Å². The Hall–Kier alpha value is -0.120. The van der Waals surface area contributed by atoms with E-state index in [1.165, 1.54) is 53.9 Å². The van der Waals surface area contributed by atoms with Crippen LogP contribution in [0.3, 0.4) is 0 Å². The molecule has 0 aromatic carbocycles.